The maximum atomic E-state index is 11.7. The summed E-state index contributed by atoms with van der Waals surface area (Å²) < 4.78 is 6.99. The fraction of sp³-hybridized carbons (Fsp3) is 0.381. The van der Waals surface area contributed by atoms with E-state index in [-0.39, 0.29) is 5.91 Å². The van der Waals surface area contributed by atoms with Gasteiger partial charge in [-0.05, 0) is 57.1 Å². The third-order valence-corrected chi connectivity index (χ3v) is 6.14. The maximum Gasteiger partial charge on any atom is 0.269 e. The highest BCUT2D eigenvalue weighted by Gasteiger charge is 2.17. The van der Waals surface area contributed by atoms with E-state index < -0.39 is 0 Å². The number of aromatic nitrogens is 2. The van der Waals surface area contributed by atoms with E-state index in [1.807, 2.05) is 18.2 Å². The zero-order valence-electron chi connectivity index (χ0n) is 16.6. The molecule has 152 valence electrons. The van der Waals surface area contributed by atoms with Crippen LogP contribution >= 0.6 is 11.3 Å². The number of pyridine rings is 1. The molecule has 3 heterocycles. The van der Waals surface area contributed by atoms with Crippen LogP contribution in [0.25, 0.3) is 10.2 Å². The third-order valence-electron chi connectivity index (χ3n) is 5.17. The number of carbonyl (C=O) groups is 1. The molecule has 1 aliphatic heterocycles. The van der Waals surface area contributed by atoms with E-state index in [0.29, 0.717) is 23.1 Å². The molecule has 4 rings (SSSR count). The number of nitrogens with one attached hydrogen (secondary N) is 2. The number of amides is 1. The smallest absolute Gasteiger partial charge is 0.269 e. The van der Waals surface area contributed by atoms with Gasteiger partial charge in [0.25, 0.3) is 5.91 Å². The Morgan fingerprint density at radius 1 is 1.24 bits per heavy atom. The van der Waals surface area contributed by atoms with Gasteiger partial charge in [-0.3, -0.25) is 9.78 Å². The number of benzene rings is 1. The summed E-state index contributed by atoms with van der Waals surface area (Å²) in [6.07, 6.45) is 4.03. The molecule has 1 saturated heterocycles. The average Bonchev–Trinajstić information content (AvgIpc) is 3.15. The van der Waals surface area contributed by atoms with Gasteiger partial charge in [-0.15, -0.1) is 0 Å². The second-order valence-electron chi connectivity index (χ2n) is 7.33. The maximum absolute atomic E-state index is 11.7. The Balaban J connectivity index is 1.42. The third kappa shape index (κ3) is 4.83. The molecule has 2 N–H and O–H groups in total. The summed E-state index contributed by atoms with van der Waals surface area (Å²) in [5, 5.41) is 7.02. The number of nitrogens with zero attached hydrogens (tertiary/aromatic N) is 3. The van der Waals surface area contributed by atoms with Crippen LogP contribution in [0.5, 0.6) is 11.5 Å². The number of thiazole rings is 1. The van der Waals surface area contributed by atoms with Crippen molar-refractivity contribution in [1.82, 2.24) is 20.2 Å². The number of fused-ring (bicyclic) bond motifs is 1. The van der Waals surface area contributed by atoms with Gasteiger partial charge in [-0.1, -0.05) is 11.3 Å². The Bertz CT molecular complexity index is 998. The average molecular weight is 412 g/mol. The van der Waals surface area contributed by atoms with Crippen LogP contribution in [0.2, 0.25) is 0 Å². The van der Waals surface area contributed by atoms with Crippen molar-refractivity contribution in [1.29, 1.82) is 0 Å². The molecule has 3 aromatic rings. The molecule has 1 amide bonds. The molecule has 0 bridgehead atoms. The van der Waals surface area contributed by atoms with E-state index in [0.717, 1.165) is 21.9 Å². The van der Waals surface area contributed by atoms with Gasteiger partial charge < -0.3 is 20.3 Å². The Hall–Kier alpha value is -2.71. The summed E-state index contributed by atoms with van der Waals surface area (Å²) in [6, 6.07) is 9.20. The molecule has 1 aliphatic rings. The summed E-state index contributed by atoms with van der Waals surface area (Å²) >= 11 is 1.63. The quantitative estimate of drug-likeness (QED) is 0.645. The molecule has 1 fully saturated rings. The first-order chi connectivity index (χ1) is 14.1. The zero-order valence-corrected chi connectivity index (χ0v) is 17.5. The number of rotatable bonds is 6. The fourth-order valence-corrected chi connectivity index (χ4v) is 4.31. The number of anilines is 1. The zero-order chi connectivity index (χ0) is 20.2. The number of hydrogen-bond donors (Lipinski definition) is 2. The summed E-state index contributed by atoms with van der Waals surface area (Å²) in [6.45, 7) is 3.31. The molecular weight excluding hydrogens is 386 g/mol. The van der Waals surface area contributed by atoms with Gasteiger partial charge in [0.15, 0.2) is 5.13 Å². The van der Waals surface area contributed by atoms with Crippen molar-refractivity contribution in [2.24, 2.45) is 5.92 Å². The Kier molecular flexibility index (Phi) is 5.92. The minimum absolute atomic E-state index is 0.242. The molecule has 0 aliphatic carbocycles. The van der Waals surface area contributed by atoms with E-state index in [1.165, 1.54) is 25.9 Å². The molecule has 0 saturated carbocycles. The number of likely N-dealkylation sites (tertiary alicyclic amines) is 1. The fourth-order valence-electron chi connectivity index (χ4n) is 3.40. The van der Waals surface area contributed by atoms with E-state index >= 15 is 0 Å². The lowest BCUT2D eigenvalue weighted by Crippen LogP contribution is -2.32. The molecule has 0 radical (unpaired) electrons. The topological polar surface area (TPSA) is 79.4 Å². The second-order valence-corrected chi connectivity index (χ2v) is 8.36. The van der Waals surface area contributed by atoms with Crippen LogP contribution in [0.3, 0.4) is 0 Å². The van der Waals surface area contributed by atoms with Crippen LogP contribution in [0.4, 0.5) is 5.13 Å². The van der Waals surface area contributed by atoms with E-state index in [1.54, 1.807) is 36.7 Å². The van der Waals surface area contributed by atoms with E-state index in [9.17, 15) is 4.79 Å². The molecule has 0 unspecified atom stereocenters. The molecule has 8 heteroatoms. The molecule has 1 aromatic carbocycles. The van der Waals surface area contributed by atoms with Gasteiger partial charge in [0, 0.05) is 31.9 Å². The van der Waals surface area contributed by atoms with E-state index in [2.05, 4.69) is 32.5 Å². The van der Waals surface area contributed by atoms with Crippen LogP contribution in [0.1, 0.15) is 23.3 Å². The van der Waals surface area contributed by atoms with Crippen molar-refractivity contribution in [3.8, 4) is 11.5 Å². The lowest BCUT2D eigenvalue weighted by molar-refractivity contribution is 0.0958. The minimum atomic E-state index is -0.242. The highest BCUT2D eigenvalue weighted by Crippen LogP contribution is 2.31. The first-order valence-electron chi connectivity index (χ1n) is 9.80. The summed E-state index contributed by atoms with van der Waals surface area (Å²) in [5.74, 6) is 1.74. The summed E-state index contributed by atoms with van der Waals surface area (Å²) in [5.41, 5.74) is 1.28. The highest BCUT2D eigenvalue weighted by molar-refractivity contribution is 7.22. The van der Waals surface area contributed by atoms with Crippen molar-refractivity contribution >= 4 is 32.6 Å². The van der Waals surface area contributed by atoms with Gasteiger partial charge in [0.05, 0.1) is 10.2 Å². The standard InChI is InChI=1S/C21H25N5O2S/c1-22-20(27)18-11-16(5-8-23-18)28-15-3-4-17-19(12-15)29-21(25-17)24-13-14-6-9-26(2)10-7-14/h3-5,8,11-12,14H,6-7,9-10,13H2,1-2H3,(H,22,27)(H,24,25). The number of carbonyl (C=O) groups excluding carboxylic acids is 1. The first-order valence-corrected chi connectivity index (χ1v) is 10.6. The van der Waals surface area contributed by atoms with Crippen LogP contribution < -0.4 is 15.4 Å². The molecule has 0 atom stereocenters. The predicted octanol–water partition coefficient (Wildman–Crippen LogP) is 3.60. The summed E-state index contributed by atoms with van der Waals surface area (Å²) in [7, 11) is 3.76. The molecule has 2 aromatic heterocycles. The number of piperidine rings is 1. The number of hydrogen-bond acceptors (Lipinski definition) is 7. The van der Waals surface area contributed by atoms with Gasteiger partial charge in [0.1, 0.15) is 17.2 Å². The lowest BCUT2D eigenvalue weighted by atomic mass is 9.97. The molecule has 29 heavy (non-hydrogen) atoms. The van der Waals surface area contributed by atoms with Crippen LogP contribution in [0.15, 0.2) is 36.5 Å². The van der Waals surface area contributed by atoms with Crippen LogP contribution in [-0.4, -0.2) is 54.5 Å². The van der Waals surface area contributed by atoms with Gasteiger partial charge in [-0.2, -0.15) is 0 Å². The van der Waals surface area contributed by atoms with Crippen molar-refractivity contribution in [3.05, 3.63) is 42.2 Å². The predicted molar refractivity (Wildman–Crippen MR) is 116 cm³/mol. The summed E-state index contributed by atoms with van der Waals surface area (Å²) in [4.78, 5) is 22.9. The second kappa shape index (κ2) is 8.75. The van der Waals surface area contributed by atoms with Crippen molar-refractivity contribution in [2.45, 2.75) is 12.8 Å². The Labute approximate surface area is 174 Å². The first kappa shape index (κ1) is 19.6. The van der Waals surface area contributed by atoms with Crippen LogP contribution in [0, 0.1) is 5.92 Å². The molecular formula is C21H25N5O2S. The van der Waals surface area contributed by atoms with Crippen molar-refractivity contribution in [2.75, 3.05) is 39.0 Å². The molecule has 0 spiro atoms. The lowest BCUT2D eigenvalue weighted by Gasteiger charge is -2.28. The van der Waals surface area contributed by atoms with Gasteiger partial charge >= 0.3 is 0 Å². The van der Waals surface area contributed by atoms with Gasteiger partial charge in [-0.25, -0.2) is 4.98 Å². The van der Waals surface area contributed by atoms with E-state index in [4.69, 9.17) is 4.74 Å². The highest BCUT2D eigenvalue weighted by atomic mass is 32.1. The SMILES string of the molecule is CNC(=O)c1cc(Oc2ccc3nc(NCC4CCN(C)CC4)sc3c2)ccn1. The largest absolute Gasteiger partial charge is 0.457 e. The number of ether oxygens (including phenoxy) is 1. The normalized spacial score (nSPS) is 15.4. The Morgan fingerprint density at radius 3 is 2.83 bits per heavy atom. The Morgan fingerprint density at radius 2 is 2.03 bits per heavy atom. The molecule has 7 nitrogen and oxygen atoms in total. The monoisotopic (exact) mass is 411 g/mol. The minimum Gasteiger partial charge on any atom is -0.457 e. The van der Waals surface area contributed by atoms with Gasteiger partial charge in [0.2, 0.25) is 0 Å². The van der Waals surface area contributed by atoms with Crippen LogP contribution in [-0.2, 0) is 0 Å². The van der Waals surface area contributed by atoms with Crippen molar-refractivity contribution in [3.63, 3.8) is 0 Å². The van der Waals surface area contributed by atoms with Crippen molar-refractivity contribution < 1.29 is 9.53 Å².